The van der Waals surface area contributed by atoms with E-state index >= 15 is 0 Å². The number of aldehydes is 1. The van der Waals surface area contributed by atoms with Gasteiger partial charge in [-0.05, 0) is 24.0 Å². The Labute approximate surface area is 94.1 Å². The predicted molar refractivity (Wildman–Crippen MR) is 59.5 cm³/mol. The van der Waals surface area contributed by atoms with Crippen molar-refractivity contribution >= 4 is 12.3 Å². The summed E-state index contributed by atoms with van der Waals surface area (Å²) in [6.45, 7) is 1.81. The molecule has 0 saturated heterocycles. The fourth-order valence-electron chi connectivity index (χ4n) is 1.95. The van der Waals surface area contributed by atoms with Crippen molar-refractivity contribution < 1.29 is 14.7 Å². The van der Waals surface area contributed by atoms with E-state index in [0.29, 0.717) is 12.8 Å². The lowest BCUT2D eigenvalue weighted by Gasteiger charge is -2.12. The van der Waals surface area contributed by atoms with Gasteiger partial charge < -0.3 is 9.90 Å². The molecule has 3 heteroatoms. The molecule has 1 aromatic carbocycles. The first-order valence-corrected chi connectivity index (χ1v) is 5.39. The molecule has 1 unspecified atom stereocenters. The van der Waals surface area contributed by atoms with Gasteiger partial charge in [0, 0.05) is 5.92 Å². The van der Waals surface area contributed by atoms with Gasteiger partial charge in [0.2, 0.25) is 0 Å². The Morgan fingerprint density at radius 2 is 2.19 bits per heavy atom. The first-order valence-electron chi connectivity index (χ1n) is 5.39. The SMILES string of the molecule is CC(C=O)c1cccc(C2(C(=O)O)CC2)c1. The maximum Gasteiger partial charge on any atom is 0.314 e. The summed E-state index contributed by atoms with van der Waals surface area (Å²) in [7, 11) is 0. The average molecular weight is 218 g/mol. The summed E-state index contributed by atoms with van der Waals surface area (Å²) in [6.07, 6.45) is 2.27. The summed E-state index contributed by atoms with van der Waals surface area (Å²) in [4.78, 5) is 21.9. The second-order valence-corrected chi connectivity index (χ2v) is 4.44. The smallest absolute Gasteiger partial charge is 0.314 e. The maximum atomic E-state index is 11.2. The van der Waals surface area contributed by atoms with Crippen LogP contribution in [0.25, 0.3) is 0 Å². The third kappa shape index (κ3) is 1.62. The third-order valence-corrected chi connectivity index (χ3v) is 3.33. The quantitative estimate of drug-likeness (QED) is 0.787. The minimum atomic E-state index is -0.761. The lowest BCUT2D eigenvalue weighted by Crippen LogP contribution is -2.19. The zero-order valence-electron chi connectivity index (χ0n) is 9.14. The van der Waals surface area contributed by atoms with Crippen LogP contribution < -0.4 is 0 Å². The van der Waals surface area contributed by atoms with Gasteiger partial charge in [0.15, 0.2) is 0 Å². The highest BCUT2D eigenvalue weighted by molar-refractivity contribution is 5.85. The van der Waals surface area contributed by atoms with Crippen LogP contribution in [0.4, 0.5) is 0 Å². The van der Waals surface area contributed by atoms with Crippen molar-refractivity contribution in [2.75, 3.05) is 0 Å². The maximum absolute atomic E-state index is 11.2. The van der Waals surface area contributed by atoms with Gasteiger partial charge in [-0.3, -0.25) is 4.79 Å². The molecule has 1 atom stereocenters. The molecule has 0 amide bonds. The molecule has 0 aliphatic heterocycles. The summed E-state index contributed by atoms with van der Waals surface area (Å²) in [6, 6.07) is 7.37. The van der Waals surface area contributed by atoms with E-state index in [1.54, 1.807) is 0 Å². The third-order valence-electron chi connectivity index (χ3n) is 3.33. The number of carbonyl (C=O) groups excluding carboxylic acids is 1. The Morgan fingerprint density at radius 3 is 2.69 bits per heavy atom. The van der Waals surface area contributed by atoms with Crippen LogP contribution in [0.3, 0.4) is 0 Å². The van der Waals surface area contributed by atoms with Crippen molar-refractivity contribution in [1.29, 1.82) is 0 Å². The summed E-state index contributed by atoms with van der Waals surface area (Å²) < 4.78 is 0. The predicted octanol–water partition coefficient (Wildman–Crippen LogP) is 2.11. The van der Waals surface area contributed by atoms with E-state index in [-0.39, 0.29) is 5.92 Å². The van der Waals surface area contributed by atoms with Crippen LogP contribution in [0.1, 0.15) is 36.8 Å². The Balaban J connectivity index is 2.37. The van der Waals surface area contributed by atoms with Crippen molar-refractivity contribution in [3.8, 4) is 0 Å². The summed E-state index contributed by atoms with van der Waals surface area (Å²) >= 11 is 0. The van der Waals surface area contributed by atoms with Crippen LogP contribution in [0.15, 0.2) is 24.3 Å². The number of hydrogen-bond donors (Lipinski definition) is 1. The summed E-state index contributed by atoms with van der Waals surface area (Å²) in [5.41, 5.74) is 1.03. The van der Waals surface area contributed by atoms with Crippen LogP contribution in [-0.2, 0) is 15.0 Å². The standard InChI is InChI=1S/C13H14O3/c1-9(8-14)10-3-2-4-11(7-10)13(5-6-13)12(15)16/h2-4,7-9H,5-6H2,1H3,(H,15,16). The first kappa shape index (κ1) is 10.9. The molecule has 16 heavy (non-hydrogen) atoms. The molecule has 1 saturated carbocycles. The van der Waals surface area contributed by atoms with Crippen molar-refractivity contribution in [3.05, 3.63) is 35.4 Å². The number of rotatable bonds is 4. The molecule has 1 aromatic rings. The Morgan fingerprint density at radius 1 is 1.50 bits per heavy atom. The van der Waals surface area contributed by atoms with E-state index in [4.69, 9.17) is 0 Å². The fourth-order valence-corrected chi connectivity index (χ4v) is 1.95. The van der Waals surface area contributed by atoms with Crippen LogP contribution in [0, 0.1) is 0 Å². The second-order valence-electron chi connectivity index (χ2n) is 4.44. The highest BCUT2D eigenvalue weighted by Gasteiger charge is 2.51. The molecule has 1 N–H and O–H groups in total. The van der Waals surface area contributed by atoms with Crippen LogP contribution >= 0.6 is 0 Å². The van der Waals surface area contributed by atoms with Crippen molar-refractivity contribution in [2.45, 2.75) is 31.1 Å². The van der Waals surface area contributed by atoms with E-state index in [0.717, 1.165) is 17.4 Å². The van der Waals surface area contributed by atoms with Crippen molar-refractivity contribution in [1.82, 2.24) is 0 Å². The zero-order valence-corrected chi connectivity index (χ0v) is 9.14. The topological polar surface area (TPSA) is 54.4 Å². The molecule has 1 aliphatic carbocycles. The number of benzene rings is 1. The van der Waals surface area contributed by atoms with Gasteiger partial charge in [0.25, 0.3) is 0 Å². The molecule has 3 nitrogen and oxygen atoms in total. The second kappa shape index (κ2) is 3.74. The molecule has 0 heterocycles. The molecule has 0 bridgehead atoms. The molecular weight excluding hydrogens is 204 g/mol. The molecule has 2 rings (SSSR count). The number of carboxylic acids is 1. The number of carboxylic acid groups (broad SMARTS) is 1. The molecule has 84 valence electrons. The monoisotopic (exact) mass is 218 g/mol. The van der Waals surface area contributed by atoms with Gasteiger partial charge in [-0.25, -0.2) is 0 Å². The minimum Gasteiger partial charge on any atom is -0.481 e. The molecule has 0 radical (unpaired) electrons. The van der Waals surface area contributed by atoms with Crippen LogP contribution in [0.2, 0.25) is 0 Å². The molecule has 0 aromatic heterocycles. The number of aliphatic carboxylic acids is 1. The van der Waals surface area contributed by atoms with E-state index in [1.165, 1.54) is 0 Å². The highest BCUT2D eigenvalue weighted by Crippen LogP contribution is 2.48. The lowest BCUT2D eigenvalue weighted by atomic mass is 9.91. The normalized spacial score (nSPS) is 18.8. The van der Waals surface area contributed by atoms with Gasteiger partial charge >= 0.3 is 5.97 Å². The van der Waals surface area contributed by atoms with Gasteiger partial charge in [-0.2, -0.15) is 0 Å². The summed E-state index contributed by atoms with van der Waals surface area (Å²) in [5.74, 6) is -0.937. The lowest BCUT2D eigenvalue weighted by molar-refractivity contribution is -0.140. The molecule has 1 aliphatic rings. The Bertz CT molecular complexity index is 433. The van der Waals surface area contributed by atoms with Gasteiger partial charge in [-0.1, -0.05) is 31.2 Å². The van der Waals surface area contributed by atoms with E-state index < -0.39 is 11.4 Å². The fraction of sp³-hybridized carbons (Fsp3) is 0.385. The molecular formula is C13H14O3. The van der Waals surface area contributed by atoms with Gasteiger partial charge in [0.1, 0.15) is 6.29 Å². The van der Waals surface area contributed by atoms with Crippen molar-refractivity contribution in [2.24, 2.45) is 0 Å². The number of carbonyl (C=O) groups is 2. The summed E-state index contributed by atoms with van der Waals surface area (Å²) in [5, 5.41) is 9.17. The van der Waals surface area contributed by atoms with E-state index in [2.05, 4.69) is 0 Å². The van der Waals surface area contributed by atoms with Crippen LogP contribution in [-0.4, -0.2) is 17.4 Å². The molecule has 0 spiro atoms. The zero-order chi connectivity index (χ0) is 11.8. The average Bonchev–Trinajstić information content (AvgIpc) is 3.09. The van der Waals surface area contributed by atoms with Gasteiger partial charge in [-0.15, -0.1) is 0 Å². The Hall–Kier alpha value is -1.64. The Kier molecular flexibility index (Phi) is 2.54. The molecule has 1 fully saturated rings. The van der Waals surface area contributed by atoms with E-state index in [9.17, 15) is 14.7 Å². The van der Waals surface area contributed by atoms with Crippen molar-refractivity contribution in [3.63, 3.8) is 0 Å². The number of hydrogen-bond acceptors (Lipinski definition) is 2. The first-order chi connectivity index (χ1) is 7.60. The van der Waals surface area contributed by atoms with Crippen LogP contribution in [0.5, 0.6) is 0 Å². The van der Waals surface area contributed by atoms with E-state index in [1.807, 2.05) is 31.2 Å². The van der Waals surface area contributed by atoms with Gasteiger partial charge in [0.05, 0.1) is 5.41 Å². The largest absolute Gasteiger partial charge is 0.481 e. The highest BCUT2D eigenvalue weighted by atomic mass is 16.4. The minimum absolute atomic E-state index is 0.176.